The third-order valence-corrected chi connectivity index (χ3v) is 14.2. The van der Waals surface area contributed by atoms with Gasteiger partial charge in [-0.3, -0.25) is 0 Å². The highest BCUT2D eigenvalue weighted by molar-refractivity contribution is 7.80. The molecule has 0 saturated heterocycles. The summed E-state index contributed by atoms with van der Waals surface area (Å²) in [6.45, 7) is 11.1. The predicted octanol–water partition coefficient (Wildman–Crippen LogP) is 8.34. The molecule has 1 atom stereocenters. The Kier molecular flexibility index (Phi) is 10.5. The summed E-state index contributed by atoms with van der Waals surface area (Å²) < 4.78 is 11.6. The molecule has 0 bridgehead atoms. The molecule has 4 heteroatoms. The third kappa shape index (κ3) is 6.79. The molecule has 47 heavy (non-hydrogen) atoms. The average molecular weight is 654 g/mol. The normalized spacial score (nSPS) is 14.6. The number of ether oxygens (including phenoxy) is 2. The lowest BCUT2D eigenvalue weighted by molar-refractivity contribution is 0.408. The van der Waals surface area contributed by atoms with E-state index in [4.69, 9.17) is 9.47 Å². The van der Waals surface area contributed by atoms with Gasteiger partial charge in [-0.1, -0.05) is 91.9 Å². The van der Waals surface area contributed by atoms with Gasteiger partial charge in [0.25, 0.3) is 0 Å². The van der Waals surface area contributed by atoms with E-state index >= 15 is 0 Å². The molecule has 5 radical (unpaired) electrons. The van der Waals surface area contributed by atoms with Crippen LogP contribution in [0.1, 0.15) is 34.7 Å². The molecule has 2 nitrogen and oxygen atoms in total. The van der Waals surface area contributed by atoms with E-state index in [-0.39, 0.29) is 5.66 Å². The first-order valence-corrected chi connectivity index (χ1v) is 18.9. The fourth-order valence-electron chi connectivity index (χ4n) is 7.03. The number of hydrogen-bond acceptors (Lipinski definition) is 2. The van der Waals surface area contributed by atoms with E-state index in [0.717, 1.165) is 11.5 Å². The van der Waals surface area contributed by atoms with Crippen LogP contribution in [-0.2, 0) is 0 Å². The number of rotatable bonds is 10. The van der Waals surface area contributed by atoms with Gasteiger partial charge < -0.3 is 9.47 Å². The van der Waals surface area contributed by atoms with Gasteiger partial charge in [-0.25, -0.2) is 0 Å². The molecule has 5 aromatic rings. The van der Waals surface area contributed by atoms with Crippen molar-refractivity contribution in [1.82, 2.24) is 0 Å². The van der Waals surface area contributed by atoms with Crippen LogP contribution in [0.4, 0.5) is 0 Å². The maximum absolute atomic E-state index is 5.80. The summed E-state index contributed by atoms with van der Waals surface area (Å²) in [5.74, 6) is 4.65. The molecular weight excluding hydrogens is 610 g/mol. The Balaban J connectivity index is 1.47. The first kappa shape index (κ1) is 33.5. The van der Waals surface area contributed by atoms with Crippen molar-refractivity contribution in [3.8, 4) is 11.5 Å². The molecule has 0 unspecified atom stereocenters. The van der Waals surface area contributed by atoms with Gasteiger partial charge in [-0.2, -0.15) is 0 Å². The summed E-state index contributed by atoms with van der Waals surface area (Å²) in [5.41, 5.74) is 6.27. The third-order valence-electron chi connectivity index (χ3n) is 9.01. The lowest BCUT2D eigenvalue weighted by atomic mass is 9.87. The van der Waals surface area contributed by atoms with Gasteiger partial charge in [-0.05, 0) is 153 Å². The van der Waals surface area contributed by atoms with E-state index < -0.39 is 15.8 Å². The standard InChI is InChI=1S/C43H43O2P2/c1-29-25-36(26-30(2)42(29)44-6)46(37-27-31(3)43(45-7)32(4)28-37)33(5)38-22-16-23-39(38)40-21-14-15-24-41(40)47(34-17-10-8-11-18-34)35-19-12-9-13-20-35/h8-28,33H,1-7H3/t33-/m1/s1. The van der Waals surface area contributed by atoms with Crippen LogP contribution in [0.3, 0.4) is 0 Å². The Hall–Kier alpha value is -3.44. The summed E-state index contributed by atoms with van der Waals surface area (Å²) in [4.78, 5) is 0. The average Bonchev–Trinajstić information content (AvgIpc) is 3.56. The summed E-state index contributed by atoms with van der Waals surface area (Å²) in [6, 6.07) is 40.5. The van der Waals surface area contributed by atoms with E-state index in [1.165, 1.54) is 66.2 Å². The molecular formula is C43H43O2P2. The minimum atomic E-state index is -0.787. The van der Waals surface area contributed by atoms with Crippen LogP contribution in [0.2, 0.25) is 0 Å². The Morgan fingerprint density at radius 1 is 0.532 bits per heavy atom. The van der Waals surface area contributed by atoms with Gasteiger partial charge in [-0.15, -0.1) is 0 Å². The largest absolute Gasteiger partial charge is 0.496 e. The van der Waals surface area contributed by atoms with Crippen LogP contribution in [0.15, 0.2) is 109 Å². The Bertz CT molecular complexity index is 1670. The summed E-state index contributed by atoms with van der Waals surface area (Å²) in [7, 11) is 1.99. The molecule has 0 spiro atoms. The highest BCUT2D eigenvalue weighted by Crippen LogP contribution is 2.53. The maximum atomic E-state index is 5.80. The molecule has 1 fully saturated rings. The molecule has 0 aliphatic heterocycles. The highest BCUT2D eigenvalue weighted by Gasteiger charge is 2.40. The smallest absolute Gasteiger partial charge is 0.124 e. The van der Waals surface area contributed by atoms with E-state index in [1.54, 1.807) is 14.2 Å². The summed E-state index contributed by atoms with van der Waals surface area (Å²) in [5, 5.41) is 6.83. The molecule has 1 aliphatic rings. The lowest BCUT2D eigenvalue weighted by Gasteiger charge is -2.35. The predicted molar refractivity (Wildman–Crippen MR) is 204 cm³/mol. The summed E-state index contributed by atoms with van der Waals surface area (Å²) in [6.07, 6.45) is 6.93. The minimum absolute atomic E-state index is 0.252. The van der Waals surface area contributed by atoms with E-state index in [2.05, 4.69) is 163 Å². The Morgan fingerprint density at radius 2 is 0.979 bits per heavy atom. The van der Waals surface area contributed by atoms with Gasteiger partial charge in [0.15, 0.2) is 0 Å². The molecule has 0 aromatic heterocycles. The fraction of sp³-hybridized carbons (Fsp3) is 0.186. The van der Waals surface area contributed by atoms with Crippen LogP contribution in [0.5, 0.6) is 11.5 Å². The SMILES string of the molecule is COc1c(C)cc(P(c2cc(C)c(OC)c(C)c2)[C@H](C)[C]2[CH][CH][CH][C]2c2ccccc2P(c2ccccc2)c2ccccc2)cc1C. The Labute approximate surface area is 285 Å². The van der Waals surface area contributed by atoms with Crippen molar-refractivity contribution in [2.75, 3.05) is 14.2 Å². The molecule has 1 saturated carbocycles. The zero-order valence-electron chi connectivity index (χ0n) is 28.4. The van der Waals surface area contributed by atoms with Crippen LogP contribution in [-0.4, -0.2) is 19.9 Å². The van der Waals surface area contributed by atoms with Crippen molar-refractivity contribution >= 4 is 42.4 Å². The van der Waals surface area contributed by atoms with Crippen molar-refractivity contribution < 1.29 is 9.47 Å². The van der Waals surface area contributed by atoms with Crippen molar-refractivity contribution in [3.05, 3.63) is 168 Å². The maximum Gasteiger partial charge on any atom is 0.124 e. The zero-order chi connectivity index (χ0) is 33.1. The van der Waals surface area contributed by atoms with Gasteiger partial charge >= 0.3 is 0 Å². The van der Waals surface area contributed by atoms with Crippen molar-refractivity contribution in [2.45, 2.75) is 40.3 Å². The van der Waals surface area contributed by atoms with Gasteiger partial charge in [0, 0.05) is 5.92 Å². The summed E-state index contributed by atoms with van der Waals surface area (Å²) >= 11 is 0. The number of benzene rings is 5. The molecule has 1 aliphatic carbocycles. The van der Waals surface area contributed by atoms with Gasteiger partial charge in [0.2, 0.25) is 0 Å². The molecule has 237 valence electrons. The number of hydrogen-bond donors (Lipinski definition) is 0. The van der Waals surface area contributed by atoms with E-state index in [0.29, 0.717) is 0 Å². The van der Waals surface area contributed by atoms with Crippen LogP contribution in [0.25, 0.3) is 0 Å². The molecule has 0 N–H and O–H groups in total. The van der Waals surface area contributed by atoms with Crippen molar-refractivity contribution in [1.29, 1.82) is 0 Å². The first-order chi connectivity index (χ1) is 22.8. The first-order valence-electron chi connectivity index (χ1n) is 16.2. The highest BCUT2D eigenvalue weighted by atomic mass is 31.1. The second-order valence-corrected chi connectivity index (χ2v) is 16.9. The Morgan fingerprint density at radius 3 is 1.45 bits per heavy atom. The van der Waals surface area contributed by atoms with Crippen LogP contribution < -0.4 is 36.0 Å². The molecule has 5 aromatic carbocycles. The van der Waals surface area contributed by atoms with E-state index in [9.17, 15) is 0 Å². The molecule has 0 heterocycles. The van der Waals surface area contributed by atoms with Gasteiger partial charge in [0.05, 0.1) is 14.2 Å². The monoisotopic (exact) mass is 653 g/mol. The van der Waals surface area contributed by atoms with Crippen molar-refractivity contribution in [2.24, 2.45) is 0 Å². The van der Waals surface area contributed by atoms with E-state index in [1.807, 2.05) is 0 Å². The lowest BCUT2D eigenvalue weighted by Crippen LogP contribution is -2.30. The number of methoxy groups -OCH3 is 2. The van der Waals surface area contributed by atoms with Gasteiger partial charge in [0.1, 0.15) is 11.5 Å². The molecule has 6 rings (SSSR count). The van der Waals surface area contributed by atoms with Crippen LogP contribution >= 0.6 is 15.8 Å². The molecule has 0 amide bonds. The quantitative estimate of drug-likeness (QED) is 0.141. The van der Waals surface area contributed by atoms with Crippen molar-refractivity contribution in [3.63, 3.8) is 0 Å². The topological polar surface area (TPSA) is 18.5 Å². The minimum Gasteiger partial charge on any atom is -0.496 e. The second-order valence-electron chi connectivity index (χ2n) is 12.2. The van der Waals surface area contributed by atoms with Crippen LogP contribution in [0, 0.1) is 58.8 Å². The zero-order valence-corrected chi connectivity index (χ0v) is 30.2. The second kappa shape index (κ2) is 14.8. The fourth-order valence-corrected chi connectivity index (χ4v) is 12.5. The number of aryl methyl sites for hydroxylation is 4.